The van der Waals surface area contributed by atoms with Gasteiger partial charge < -0.3 is 21.1 Å². The lowest BCUT2D eigenvalue weighted by Crippen LogP contribution is -2.42. The van der Waals surface area contributed by atoms with Gasteiger partial charge in [-0.25, -0.2) is 4.99 Å². The minimum Gasteiger partial charge on any atom is -0.383 e. The summed E-state index contributed by atoms with van der Waals surface area (Å²) in [7, 11) is 1.80. The Bertz CT molecular complexity index is 807. The maximum Gasteiger partial charge on any atom is 0.251 e. The molecule has 29 heavy (non-hydrogen) atoms. The summed E-state index contributed by atoms with van der Waals surface area (Å²) in [4.78, 5) is 16.5. The molecule has 0 fully saturated rings. The van der Waals surface area contributed by atoms with Gasteiger partial charge in [-0.05, 0) is 38.1 Å². The van der Waals surface area contributed by atoms with E-state index in [1.807, 2.05) is 6.92 Å². The third-order valence-corrected chi connectivity index (χ3v) is 4.28. The molecular formula is C19H28ClIN6O2. The molecule has 0 radical (unpaired) electrons. The van der Waals surface area contributed by atoms with Gasteiger partial charge in [-0.1, -0.05) is 11.6 Å². The molecule has 1 aromatic carbocycles. The van der Waals surface area contributed by atoms with Crippen LogP contribution in [0, 0.1) is 0 Å². The minimum absolute atomic E-state index is 0. The highest BCUT2D eigenvalue weighted by molar-refractivity contribution is 14.0. The van der Waals surface area contributed by atoms with Gasteiger partial charge >= 0.3 is 0 Å². The molecule has 0 aliphatic carbocycles. The first-order chi connectivity index (χ1) is 13.3. The van der Waals surface area contributed by atoms with Crippen LogP contribution in [-0.2, 0) is 12.6 Å². The molecule has 2 rings (SSSR count). The molecule has 0 saturated heterocycles. The van der Waals surface area contributed by atoms with Crippen LogP contribution in [0.1, 0.15) is 29.8 Å². The Morgan fingerprint density at radius 3 is 2.48 bits per heavy atom. The number of amides is 1. The van der Waals surface area contributed by atoms with E-state index in [-0.39, 0.29) is 36.4 Å². The number of aryl methyl sites for hydroxylation is 1. The van der Waals surface area contributed by atoms with Crippen LogP contribution in [0.25, 0.3) is 0 Å². The van der Waals surface area contributed by atoms with Crippen LogP contribution in [0.4, 0.5) is 0 Å². The maximum atomic E-state index is 12.1. The summed E-state index contributed by atoms with van der Waals surface area (Å²) in [6, 6.07) is 6.71. The number of hydrogen-bond donors (Lipinski definition) is 4. The van der Waals surface area contributed by atoms with Gasteiger partial charge in [-0.2, -0.15) is 5.10 Å². The second kappa shape index (κ2) is 12.0. The molecule has 8 nitrogen and oxygen atoms in total. The van der Waals surface area contributed by atoms with Crippen LogP contribution >= 0.6 is 35.6 Å². The first-order valence-corrected chi connectivity index (χ1v) is 9.47. The van der Waals surface area contributed by atoms with Crippen LogP contribution in [0.15, 0.2) is 41.7 Å². The number of benzene rings is 1. The van der Waals surface area contributed by atoms with Crippen molar-refractivity contribution in [2.75, 3.05) is 26.2 Å². The number of rotatable bonds is 8. The predicted octanol–water partition coefficient (Wildman–Crippen LogP) is 1.88. The van der Waals surface area contributed by atoms with Crippen molar-refractivity contribution in [3.8, 4) is 0 Å². The zero-order chi connectivity index (χ0) is 20.6. The van der Waals surface area contributed by atoms with Crippen molar-refractivity contribution in [1.29, 1.82) is 0 Å². The third kappa shape index (κ3) is 8.19. The van der Waals surface area contributed by atoms with E-state index in [0.29, 0.717) is 41.7 Å². The van der Waals surface area contributed by atoms with Crippen molar-refractivity contribution in [2.24, 2.45) is 12.0 Å². The number of aliphatic hydroxyl groups is 1. The molecule has 0 saturated carbocycles. The van der Waals surface area contributed by atoms with Crippen LogP contribution in [0.5, 0.6) is 0 Å². The topological polar surface area (TPSA) is 104 Å². The van der Waals surface area contributed by atoms with Gasteiger partial charge in [-0.3, -0.25) is 9.48 Å². The standard InChI is InChI=1S/C19H27ClN6O2.HI/c1-4-21-18(24-13-19(2,28)15-11-25-26(3)12-15)23-10-9-22-17(27)14-5-7-16(20)8-6-14;/h5-8,11-12,28H,4,9-10,13H2,1-3H3,(H,22,27)(H2,21,23,24);1H. The number of carbonyl (C=O) groups excluding carboxylic acids is 1. The number of nitrogens with one attached hydrogen (secondary N) is 3. The summed E-state index contributed by atoms with van der Waals surface area (Å²) in [6.45, 7) is 5.41. The third-order valence-electron chi connectivity index (χ3n) is 4.03. The summed E-state index contributed by atoms with van der Waals surface area (Å²) in [5.74, 6) is 0.396. The summed E-state index contributed by atoms with van der Waals surface area (Å²) >= 11 is 5.83. The maximum absolute atomic E-state index is 12.1. The normalized spacial score (nSPS) is 13.2. The highest BCUT2D eigenvalue weighted by Crippen LogP contribution is 2.19. The number of guanidine groups is 1. The lowest BCUT2D eigenvalue weighted by atomic mass is 10.0. The number of carbonyl (C=O) groups is 1. The summed E-state index contributed by atoms with van der Waals surface area (Å²) in [6.07, 6.45) is 3.39. The lowest BCUT2D eigenvalue weighted by Gasteiger charge is -2.20. The Morgan fingerprint density at radius 1 is 1.24 bits per heavy atom. The predicted molar refractivity (Wildman–Crippen MR) is 126 cm³/mol. The van der Waals surface area contributed by atoms with Crippen LogP contribution < -0.4 is 16.0 Å². The lowest BCUT2D eigenvalue weighted by molar-refractivity contribution is 0.0672. The molecule has 1 heterocycles. The summed E-state index contributed by atoms with van der Waals surface area (Å²) in [5.41, 5.74) is 0.127. The SMILES string of the molecule is CCNC(=NCC(C)(O)c1cnn(C)c1)NCCNC(=O)c1ccc(Cl)cc1.I. The number of nitrogens with zero attached hydrogens (tertiary/aromatic N) is 3. The molecule has 1 atom stereocenters. The molecule has 1 aromatic heterocycles. The molecule has 2 aromatic rings. The minimum atomic E-state index is -1.13. The van der Waals surface area contributed by atoms with Crippen molar-refractivity contribution in [1.82, 2.24) is 25.7 Å². The van der Waals surface area contributed by atoms with E-state index in [9.17, 15) is 9.90 Å². The van der Waals surface area contributed by atoms with E-state index in [4.69, 9.17) is 11.6 Å². The smallest absolute Gasteiger partial charge is 0.251 e. The molecule has 1 amide bonds. The number of aliphatic imine (C=N–C) groups is 1. The van der Waals surface area contributed by atoms with E-state index in [1.54, 1.807) is 55.3 Å². The number of aromatic nitrogens is 2. The quantitative estimate of drug-likeness (QED) is 0.179. The Hall–Kier alpha value is -1.85. The molecule has 0 aliphatic rings. The molecule has 0 aliphatic heterocycles. The Labute approximate surface area is 193 Å². The van der Waals surface area contributed by atoms with E-state index < -0.39 is 5.60 Å². The Morgan fingerprint density at radius 2 is 1.90 bits per heavy atom. The van der Waals surface area contributed by atoms with Crippen LogP contribution in [0.3, 0.4) is 0 Å². The molecule has 4 N–H and O–H groups in total. The van der Waals surface area contributed by atoms with Crippen LogP contribution in [0.2, 0.25) is 5.02 Å². The zero-order valence-electron chi connectivity index (χ0n) is 16.8. The fraction of sp³-hybridized carbons (Fsp3) is 0.421. The molecule has 0 bridgehead atoms. The number of halogens is 2. The largest absolute Gasteiger partial charge is 0.383 e. The van der Waals surface area contributed by atoms with Crippen molar-refractivity contribution in [3.63, 3.8) is 0 Å². The van der Waals surface area contributed by atoms with Gasteiger partial charge in [0.1, 0.15) is 5.60 Å². The molecule has 0 spiro atoms. The Kier molecular flexibility index (Phi) is 10.4. The molecular weight excluding hydrogens is 507 g/mol. The fourth-order valence-electron chi connectivity index (χ4n) is 2.43. The average Bonchev–Trinajstić information content (AvgIpc) is 3.11. The molecule has 160 valence electrons. The summed E-state index contributed by atoms with van der Waals surface area (Å²) in [5, 5.41) is 24.4. The molecule has 10 heteroatoms. The second-order valence-electron chi connectivity index (χ2n) is 6.56. The van der Waals surface area contributed by atoms with Gasteiger partial charge in [0.2, 0.25) is 0 Å². The van der Waals surface area contributed by atoms with Gasteiger partial charge in [0.25, 0.3) is 5.91 Å². The monoisotopic (exact) mass is 534 g/mol. The van der Waals surface area contributed by atoms with Gasteiger partial charge in [0.05, 0.1) is 12.7 Å². The van der Waals surface area contributed by atoms with Crippen molar-refractivity contribution >= 4 is 47.4 Å². The van der Waals surface area contributed by atoms with Crippen molar-refractivity contribution in [2.45, 2.75) is 19.4 Å². The first kappa shape index (κ1) is 25.2. The van der Waals surface area contributed by atoms with Crippen molar-refractivity contribution < 1.29 is 9.90 Å². The van der Waals surface area contributed by atoms with Crippen molar-refractivity contribution in [3.05, 3.63) is 52.8 Å². The molecule has 1 unspecified atom stereocenters. The highest BCUT2D eigenvalue weighted by Gasteiger charge is 2.24. The first-order valence-electron chi connectivity index (χ1n) is 9.09. The Balaban J connectivity index is 0.00000420. The van der Waals surface area contributed by atoms with Crippen LogP contribution in [-0.4, -0.2) is 52.9 Å². The zero-order valence-corrected chi connectivity index (χ0v) is 19.9. The highest BCUT2D eigenvalue weighted by atomic mass is 127. The van der Waals surface area contributed by atoms with E-state index in [1.165, 1.54) is 0 Å². The van der Waals surface area contributed by atoms with Gasteiger partial charge in [0.15, 0.2) is 5.96 Å². The van der Waals surface area contributed by atoms with E-state index in [2.05, 4.69) is 26.0 Å². The second-order valence-corrected chi connectivity index (χ2v) is 7.00. The fourth-order valence-corrected chi connectivity index (χ4v) is 2.55. The number of hydrogen-bond acceptors (Lipinski definition) is 4. The average molecular weight is 535 g/mol. The van der Waals surface area contributed by atoms with E-state index in [0.717, 1.165) is 0 Å². The summed E-state index contributed by atoms with van der Waals surface area (Å²) < 4.78 is 1.64. The van der Waals surface area contributed by atoms with E-state index >= 15 is 0 Å². The van der Waals surface area contributed by atoms with Gasteiger partial charge in [0, 0.05) is 49.0 Å². The van der Waals surface area contributed by atoms with Gasteiger partial charge in [-0.15, -0.1) is 24.0 Å².